The zero-order valence-electron chi connectivity index (χ0n) is 13.9. The summed E-state index contributed by atoms with van der Waals surface area (Å²) in [5.74, 6) is 0.562. The van der Waals surface area contributed by atoms with Crippen molar-refractivity contribution in [2.75, 3.05) is 40.0 Å². The Balaban J connectivity index is 1.49. The first-order valence-corrected chi connectivity index (χ1v) is 8.63. The number of carbonyl (C=O) groups is 1. The van der Waals surface area contributed by atoms with E-state index in [0.717, 1.165) is 19.1 Å². The van der Waals surface area contributed by atoms with Crippen molar-refractivity contribution in [1.82, 2.24) is 9.80 Å². The molecule has 3 fully saturated rings. The number of ether oxygens (including phenoxy) is 2. The molecule has 1 amide bonds. The van der Waals surface area contributed by atoms with Crippen LogP contribution in [0, 0.1) is 11.7 Å². The Bertz CT molecular complexity index is 635. The SMILES string of the molecule is COc1cc(F)ccc1C(=O)N1CCN2[C@@H](COC[C@@H]2C2CC2)C1. The van der Waals surface area contributed by atoms with E-state index in [2.05, 4.69) is 4.90 Å². The van der Waals surface area contributed by atoms with E-state index in [1.807, 2.05) is 4.90 Å². The average Bonchev–Trinajstić information content (AvgIpc) is 3.45. The second-order valence-corrected chi connectivity index (χ2v) is 6.93. The van der Waals surface area contributed by atoms with Crippen LogP contribution in [0.15, 0.2) is 18.2 Å². The number of benzene rings is 1. The standard InChI is InChI=1S/C18H23FN2O3/c1-23-17-8-13(19)4-5-15(17)18(22)20-6-7-21-14(9-20)10-24-11-16(21)12-2-3-12/h4-5,8,12,14,16H,2-3,6-7,9-11H2,1H3/t14-,16-/m1/s1. The number of morpholine rings is 1. The summed E-state index contributed by atoms with van der Waals surface area (Å²) >= 11 is 0. The molecule has 5 nitrogen and oxygen atoms in total. The van der Waals surface area contributed by atoms with Gasteiger partial charge in [0.2, 0.25) is 0 Å². The van der Waals surface area contributed by atoms with Crippen molar-refractivity contribution in [1.29, 1.82) is 0 Å². The summed E-state index contributed by atoms with van der Waals surface area (Å²) in [6.07, 6.45) is 2.60. The van der Waals surface area contributed by atoms with Gasteiger partial charge in [0.15, 0.2) is 0 Å². The van der Waals surface area contributed by atoms with Crippen LogP contribution in [0.3, 0.4) is 0 Å². The summed E-state index contributed by atoms with van der Waals surface area (Å²) in [4.78, 5) is 17.2. The zero-order valence-corrected chi connectivity index (χ0v) is 13.9. The molecule has 2 aliphatic heterocycles. The summed E-state index contributed by atoms with van der Waals surface area (Å²) in [5, 5.41) is 0. The lowest BCUT2D eigenvalue weighted by molar-refractivity contribution is -0.0816. The zero-order chi connectivity index (χ0) is 16.7. The van der Waals surface area contributed by atoms with Crippen molar-refractivity contribution in [2.45, 2.75) is 24.9 Å². The van der Waals surface area contributed by atoms with Gasteiger partial charge in [-0.1, -0.05) is 0 Å². The van der Waals surface area contributed by atoms with Gasteiger partial charge in [-0.3, -0.25) is 9.69 Å². The molecule has 0 spiro atoms. The third kappa shape index (κ3) is 2.89. The molecular weight excluding hydrogens is 311 g/mol. The van der Waals surface area contributed by atoms with Crippen molar-refractivity contribution in [3.05, 3.63) is 29.6 Å². The molecule has 1 aromatic carbocycles. The van der Waals surface area contributed by atoms with Crippen LogP contribution in [0.1, 0.15) is 23.2 Å². The molecule has 0 unspecified atom stereocenters. The van der Waals surface area contributed by atoms with E-state index in [4.69, 9.17) is 9.47 Å². The fourth-order valence-corrected chi connectivity index (χ4v) is 3.96. The third-order valence-corrected chi connectivity index (χ3v) is 5.40. The lowest BCUT2D eigenvalue weighted by Crippen LogP contribution is -2.63. The topological polar surface area (TPSA) is 42.0 Å². The highest BCUT2D eigenvalue weighted by Gasteiger charge is 2.43. The van der Waals surface area contributed by atoms with Crippen LogP contribution in [0.4, 0.5) is 4.39 Å². The molecule has 24 heavy (non-hydrogen) atoms. The van der Waals surface area contributed by atoms with Gasteiger partial charge in [0.05, 0.1) is 31.9 Å². The third-order valence-electron chi connectivity index (χ3n) is 5.40. The average molecular weight is 334 g/mol. The maximum Gasteiger partial charge on any atom is 0.257 e. The quantitative estimate of drug-likeness (QED) is 0.845. The van der Waals surface area contributed by atoms with Crippen molar-refractivity contribution in [3.8, 4) is 5.75 Å². The fraction of sp³-hybridized carbons (Fsp3) is 0.611. The Morgan fingerprint density at radius 2 is 2.12 bits per heavy atom. The van der Waals surface area contributed by atoms with Crippen LogP contribution in [0.2, 0.25) is 0 Å². The van der Waals surface area contributed by atoms with Crippen LogP contribution in [0.5, 0.6) is 5.75 Å². The van der Waals surface area contributed by atoms with Gasteiger partial charge >= 0.3 is 0 Å². The van der Waals surface area contributed by atoms with Gasteiger partial charge in [-0.25, -0.2) is 4.39 Å². The van der Waals surface area contributed by atoms with E-state index in [9.17, 15) is 9.18 Å². The molecule has 2 saturated heterocycles. The van der Waals surface area contributed by atoms with Crippen molar-refractivity contribution < 1.29 is 18.7 Å². The molecule has 4 rings (SSSR count). The number of amides is 1. The number of methoxy groups -OCH3 is 1. The molecule has 1 saturated carbocycles. The minimum atomic E-state index is -0.402. The lowest BCUT2D eigenvalue weighted by atomic mass is 10.0. The molecule has 1 aliphatic carbocycles. The van der Waals surface area contributed by atoms with Crippen molar-refractivity contribution in [2.24, 2.45) is 5.92 Å². The number of piperazine rings is 1. The van der Waals surface area contributed by atoms with Crippen LogP contribution in [-0.2, 0) is 4.74 Å². The van der Waals surface area contributed by atoms with Gasteiger partial charge < -0.3 is 14.4 Å². The molecule has 0 aromatic heterocycles. The largest absolute Gasteiger partial charge is 0.496 e. The lowest BCUT2D eigenvalue weighted by Gasteiger charge is -2.48. The predicted molar refractivity (Wildman–Crippen MR) is 86.7 cm³/mol. The summed E-state index contributed by atoms with van der Waals surface area (Å²) in [7, 11) is 1.46. The number of hydrogen-bond acceptors (Lipinski definition) is 4. The molecule has 3 aliphatic rings. The van der Waals surface area contributed by atoms with Crippen LogP contribution in [-0.4, -0.2) is 67.7 Å². The first-order valence-electron chi connectivity index (χ1n) is 8.63. The Hall–Kier alpha value is -1.66. The first-order chi connectivity index (χ1) is 11.7. The molecule has 0 bridgehead atoms. The normalized spacial score (nSPS) is 27.7. The Labute approximate surface area is 141 Å². The summed E-state index contributed by atoms with van der Waals surface area (Å²) in [5.41, 5.74) is 0.419. The van der Waals surface area contributed by atoms with E-state index in [1.54, 1.807) is 0 Å². The van der Waals surface area contributed by atoms with Gasteiger partial charge in [0, 0.05) is 31.7 Å². The number of nitrogens with zero attached hydrogens (tertiary/aromatic N) is 2. The first kappa shape index (κ1) is 15.8. The minimum absolute atomic E-state index is 0.0972. The van der Waals surface area contributed by atoms with Gasteiger partial charge in [-0.2, -0.15) is 0 Å². The highest BCUT2D eigenvalue weighted by atomic mass is 19.1. The molecule has 6 heteroatoms. The Morgan fingerprint density at radius 1 is 1.29 bits per heavy atom. The number of rotatable bonds is 3. The van der Waals surface area contributed by atoms with Crippen LogP contribution in [0.25, 0.3) is 0 Å². The smallest absolute Gasteiger partial charge is 0.257 e. The second-order valence-electron chi connectivity index (χ2n) is 6.93. The summed E-state index contributed by atoms with van der Waals surface area (Å²) in [6.45, 7) is 3.72. The number of halogens is 1. The summed E-state index contributed by atoms with van der Waals surface area (Å²) in [6, 6.07) is 4.84. The Kier molecular flexibility index (Phi) is 4.18. The van der Waals surface area contributed by atoms with E-state index in [1.165, 1.54) is 38.2 Å². The van der Waals surface area contributed by atoms with E-state index < -0.39 is 5.82 Å². The van der Waals surface area contributed by atoms with Crippen LogP contribution >= 0.6 is 0 Å². The molecule has 0 radical (unpaired) electrons. The van der Waals surface area contributed by atoms with Crippen LogP contribution < -0.4 is 4.74 Å². The molecule has 1 aromatic rings. The maximum atomic E-state index is 13.4. The molecule has 0 N–H and O–H groups in total. The molecular formula is C18H23FN2O3. The van der Waals surface area contributed by atoms with E-state index in [0.29, 0.717) is 31.3 Å². The van der Waals surface area contributed by atoms with E-state index in [-0.39, 0.29) is 17.7 Å². The van der Waals surface area contributed by atoms with Gasteiger partial charge in [-0.15, -0.1) is 0 Å². The van der Waals surface area contributed by atoms with Crippen molar-refractivity contribution in [3.63, 3.8) is 0 Å². The summed E-state index contributed by atoms with van der Waals surface area (Å²) < 4.78 is 24.3. The maximum absolute atomic E-state index is 13.4. The Morgan fingerprint density at radius 3 is 2.88 bits per heavy atom. The van der Waals surface area contributed by atoms with Gasteiger partial charge in [0.25, 0.3) is 5.91 Å². The molecule has 130 valence electrons. The minimum Gasteiger partial charge on any atom is -0.496 e. The highest BCUT2D eigenvalue weighted by molar-refractivity contribution is 5.97. The number of carbonyl (C=O) groups excluding carboxylic acids is 1. The van der Waals surface area contributed by atoms with Crippen molar-refractivity contribution >= 4 is 5.91 Å². The highest BCUT2D eigenvalue weighted by Crippen LogP contribution is 2.38. The van der Waals surface area contributed by atoms with Gasteiger partial charge in [-0.05, 0) is 30.9 Å². The monoisotopic (exact) mass is 334 g/mol. The molecule has 2 atom stereocenters. The van der Waals surface area contributed by atoms with Gasteiger partial charge in [0.1, 0.15) is 11.6 Å². The number of fused-ring (bicyclic) bond motifs is 1. The second kappa shape index (κ2) is 6.33. The molecule has 2 heterocycles. The predicted octanol–water partition coefficient (Wildman–Crippen LogP) is 1.77. The number of hydrogen-bond donors (Lipinski definition) is 0. The fourth-order valence-electron chi connectivity index (χ4n) is 3.96. The van der Waals surface area contributed by atoms with E-state index >= 15 is 0 Å².